The molecule has 1 fully saturated rings. The number of benzene rings is 1. The fraction of sp³-hybridized carbons (Fsp3) is 0.474. The number of nitrogens with zero attached hydrogens (tertiary/aromatic N) is 2. The third-order valence-electron chi connectivity index (χ3n) is 4.05. The summed E-state index contributed by atoms with van der Waals surface area (Å²) in [5, 5.41) is 2.89. The first-order valence-electron chi connectivity index (χ1n) is 8.61. The van der Waals surface area contributed by atoms with Crippen LogP contribution >= 0.6 is 0 Å². The van der Waals surface area contributed by atoms with Crippen LogP contribution < -0.4 is 10.1 Å². The van der Waals surface area contributed by atoms with Gasteiger partial charge < -0.3 is 15.0 Å². The molecule has 1 heterocycles. The fourth-order valence-electron chi connectivity index (χ4n) is 2.77. The van der Waals surface area contributed by atoms with Crippen molar-refractivity contribution in [2.45, 2.75) is 19.9 Å². The second-order valence-electron chi connectivity index (χ2n) is 6.40. The SMILES string of the molecule is COc1ccccc1/C=C/C(=O)N1CCN(CC(=O)NC(C)C)CC1. The summed E-state index contributed by atoms with van der Waals surface area (Å²) in [5.41, 5.74) is 0.877. The number of hydrogen-bond acceptors (Lipinski definition) is 4. The van der Waals surface area contributed by atoms with Gasteiger partial charge in [0, 0.05) is 43.9 Å². The Morgan fingerprint density at radius 2 is 1.88 bits per heavy atom. The Bertz CT molecular complexity index is 620. The third kappa shape index (κ3) is 5.90. The molecule has 136 valence electrons. The Hall–Kier alpha value is -2.34. The zero-order valence-electron chi connectivity index (χ0n) is 15.2. The molecule has 2 amide bonds. The van der Waals surface area contributed by atoms with E-state index in [1.165, 1.54) is 0 Å². The monoisotopic (exact) mass is 345 g/mol. The van der Waals surface area contributed by atoms with Crippen LogP contribution in [0.5, 0.6) is 5.75 Å². The van der Waals surface area contributed by atoms with Crippen molar-refractivity contribution in [1.82, 2.24) is 15.1 Å². The average molecular weight is 345 g/mol. The molecule has 1 aromatic carbocycles. The van der Waals surface area contributed by atoms with E-state index in [-0.39, 0.29) is 17.9 Å². The molecule has 25 heavy (non-hydrogen) atoms. The van der Waals surface area contributed by atoms with Crippen LogP contribution in [0.25, 0.3) is 6.08 Å². The maximum atomic E-state index is 12.3. The van der Waals surface area contributed by atoms with Crippen LogP contribution in [-0.2, 0) is 9.59 Å². The highest BCUT2D eigenvalue weighted by Gasteiger charge is 2.21. The highest BCUT2D eigenvalue weighted by Crippen LogP contribution is 2.18. The molecular weight excluding hydrogens is 318 g/mol. The first kappa shape index (κ1) is 19.0. The molecule has 2 rings (SSSR count). The van der Waals surface area contributed by atoms with Crippen molar-refractivity contribution in [3.05, 3.63) is 35.9 Å². The van der Waals surface area contributed by atoms with Crippen LogP contribution in [0.1, 0.15) is 19.4 Å². The van der Waals surface area contributed by atoms with Gasteiger partial charge >= 0.3 is 0 Å². The molecule has 1 aliphatic rings. The van der Waals surface area contributed by atoms with E-state index >= 15 is 0 Å². The topological polar surface area (TPSA) is 61.9 Å². The zero-order chi connectivity index (χ0) is 18.2. The number of rotatable bonds is 6. The molecule has 6 heteroatoms. The van der Waals surface area contributed by atoms with Crippen LogP contribution in [0.4, 0.5) is 0 Å². The Balaban J connectivity index is 1.83. The Labute approximate surface area is 149 Å². The second kappa shape index (κ2) is 9.22. The fourth-order valence-corrected chi connectivity index (χ4v) is 2.77. The number of methoxy groups -OCH3 is 1. The number of piperazine rings is 1. The number of nitrogens with one attached hydrogen (secondary N) is 1. The van der Waals surface area contributed by atoms with E-state index < -0.39 is 0 Å². The molecule has 1 saturated heterocycles. The van der Waals surface area contributed by atoms with Gasteiger partial charge in [0.05, 0.1) is 13.7 Å². The van der Waals surface area contributed by atoms with Gasteiger partial charge in [-0.2, -0.15) is 0 Å². The maximum absolute atomic E-state index is 12.3. The molecule has 0 saturated carbocycles. The molecule has 1 aliphatic heterocycles. The number of carbonyl (C=O) groups excluding carboxylic acids is 2. The van der Waals surface area contributed by atoms with Crippen molar-refractivity contribution in [2.75, 3.05) is 39.8 Å². The van der Waals surface area contributed by atoms with Gasteiger partial charge in [-0.3, -0.25) is 14.5 Å². The van der Waals surface area contributed by atoms with Crippen molar-refractivity contribution in [3.63, 3.8) is 0 Å². The zero-order valence-corrected chi connectivity index (χ0v) is 15.2. The molecule has 0 atom stereocenters. The van der Waals surface area contributed by atoms with Crippen molar-refractivity contribution in [1.29, 1.82) is 0 Å². The van der Waals surface area contributed by atoms with Crippen molar-refractivity contribution >= 4 is 17.9 Å². The maximum Gasteiger partial charge on any atom is 0.246 e. The number of ether oxygens (including phenoxy) is 1. The summed E-state index contributed by atoms with van der Waals surface area (Å²) in [4.78, 5) is 28.0. The van der Waals surface area contributed by atoms with Crippen LogP contribution in [0.3, 0.4) is 0 Å². The summed E-state index contributed by atoms with van der Waals surface area (Å²) in [5.74, 6) is 0.760. The summed E-state index contributed by atoms with van der Waals surface area (Å²) in [6.45, 7) is 6.95. The number of carbonyl (C=O) groups is 2. The lowest BCUT2D eigenvalue weighted by atomic mass is 10.2. The number of hydrogen-bond donors (Lipinski definition) is 1. The molecule has 0 radical (unpaired) electrons. The van der Waals surface area contributed by atoms with Crippen molar-refractivity contribution in [2.24, 2.45) is 0 Å². The number of amides is 2. The van der Waals surface area contributed by atoms with E-state index in [0.717, 1.165) is 11.3 Å². The van der Waals surface area contributed by atoms with Gasteiger partial charge in [-0.05, 0) is 26.0 Å². The molecule has 0 unspecified atom stereocenters. The highest BCUT2D eigenvalue weighted by molar-refractivity contribution is 5.92. The van der Waals surface area contributed by atoms with Gasteiger partial charge in [-0.15, -0.1) is 0 Å². The van der Waals surface area contributed by atoms with Gasteiger partial charge in [0.2, 0.25) is 11.8 Å². The van der Waals surface area contributed by atoms with Crippen LogP contribution in [0.15, 0.2) is 30.3 Å². The second-order valence-corrected chi connectivity index (χ2v) is 6.40. The minimum absolute atomic E-state index is 0.0165. The average Bonchev–Trinajstić information content (AvgIpc) is 2.59. The van der Waals surface area contributed by atoms with Crippen LogP contribution in [-0.4, -0.2) is 67.5 Å². The van der Waals surface area contributed by atoms with Crippen LogP contribution in [0.2, 0.25) is 0 Å². The summed E-state index contributed by atoms with van der Waals surface area (Å²) in [6.07, 6.45) is 3.36. The van der Waals surface area contributed by atoms with Gasteiger partial charge in [0.15, 0.2) is 0 Å². The van der Waals surface area contributed by atoms with E-state index in [2.05, 4.69) is 10.2 Å². The Kier molecular flexibility index (Phi) is 7.01. The van der Waals surface area contributed by atoms with E-state index in [1.807, 2.05) is 43.0 Å². The summed E-state index contributed by atoms with van der Waals surface area (Å²) >= 11 is 0. The van der Waals surface area contributed by atoms with Crippen molar-refractivity contribution in [3.8, 4) is 5.75 Å². The normalized spacial score (nSPS) is 15.6. The van der Waals surface area contributed by atoms with E-state index in [9.17, 15) is 9.59 Å². The molecule has 0 spiro atoms. The predicted molar refractivity (Wildman–Crippen MR) is 98.3 cm³/mol. The first-order chi connectivity index (χ1) is 12.0. The Morgan fingerprint density at radius 1 is 1.20 bits per heavy atom. The number of para-hydroxylation sites is 1. The predicted octanol–water partition coefficient (Wildman–Crippen LogP) is 1.38. The van der Waals surface area contributed by atoms with Crippen molar-refractivity contribution < 1.29 is 14.3 Å². The minimum Gasteiger partial charge on any atom is -0.496 e. The van der Waals surface area contributed by atoms with E-state index in [1.54, 1.807) is 19.3 Å². The minimum atomic E-state index is -0.0165. The molecule has 0 aliphatic carbocycles. The van der Waals surface area contributed by atoms with Gasteiger partial charge in [-0.25, -0.2) is 0 Å². The lowest BCUT2D eigenvalue weighted by Gasteiger charge is -2.33. The smallest absolute Gasteiger partial charge is 0.246 e. The molecule has 1 aromatic rings. The summed E-state index contributed by atoms with van der Waals surface area (Å²) in [7, 11) is 1.61. The molecular formula is C19H27N3O3. The molecule has 0 aromatic heterocycles. The molecule has 6 nitrogen and oxygen atoms in total. The van der Waals surface area contributed by atoms with Gasteiger partial charge in [-0.1, -0.05) is 18.2 Å². The van der Waals surface area contributed by atoms with Crippen LogP contribution in [0, 0.1) is 0 Å². The molecule has 1 N–H and O–H groups in total. The largest absolute Gasteiger partial charge is 0.496 e. The summed E-state index contributed by atoms with van der Waals surface area (Å²) < 4.78 is 5.28. The first-order valence-corrected chi connectivity index (χ1v) is 8.61. The quantitative estimate of drug-likeness (QED) is 0.791. The van der Waals surface area contributed by atoms with E-state index in [4.69, 9.17) is 4.74 Å². The Morgan fingerprint density at radius 3 is 2.52 bits per heavy atom. The third-order valence-corrected chi connectivity index (χ3v) is 4.05. The van der Waals surface area contributed by atoms with E-state index in [0.29, 0.717) is 32.7 Å². The van der Waals surface area contributed by atoms with Gasteiger partial charge in [0.25, 0.3) is 0 Å². The lowest BCUT2D eigenvalue weighted by molar-refractivity contribution is -0.128. The van der Waals surface area contributed by atoms with Gasteiger partial charge in [0.1, 0.15) is 5.75 Å². The standard InChI is InChI=1S/C19H27N3O3/c1-15(2)20-18(23)14-21-10-12-22(13-11-21)19(24)9-8-16-6-4-5-7-17(16)25-3/h4-9,15H,10-14H2,1-3H3,(H,20,23)/b9-8+. The lowest BCUT2D eigenvalue weighted by Crippen LogP contribution is -2.51. The molecule has 0 bridgehead atoms. The summed E-state index contributed by atoms with van der Waals surface area (Å²) in [6, 6.07) is 7.73. The highest BCUT2D eigenvalue weighted by atomic mass is 16.5.